The predicted octanol–water partition coefficient (Wildman–Crippen LogP) is -4.09. The first-order chi connectivity index (χ1) is 35.1. The molecule has 2 aliphatic heterocycles. The van der Waals surface area contributed by atoms with Gasteiger partial charge in [-0.15, -0.1) is 0 Å². The highest BCUT2D eigenvalue weighted by Crippen LogP contribution is 2.23. The summed E-state index contributed by atoms with van der Waals surface area (Å²) < 4.78 is 0. The molecule has 0 aliphatic carbocycles. The number of amides is 8. The molecule has 2 saturated heterocycles. The van der Waals surface area contributed by atoms with Crippen molar-refractivity contribution in [1.82, 2.24) is 36.4 Å². The Morgan fingerprint density at radius 3 is 1.61 bits per heavy atom. The molecular weight excluding hydrogens is 965 g/mol. The van der Waals surface area contributed by atoms with E-state index in [9.17, 15) is 53.4 Å². The minimum atomic E-state index is -1.33. The van der Waals surface area contributed by atoms with E-state index in [0.717, 1.165) is 0 Å². The summed E-state index contributed by atoms with van der Waals surface area (Å²) in [5.41, 5.74) is 39.5. The molecule has 74 heavy (non-hydrogen) atoms. The Morgan fingerprint density at radius 2 is 1.14 bits per heavy atom. The van der Waals surface area contributed by atoms with E-state index in [1.54, 1.807) is 26.0 Å². The van der Waals surface area contributed by atoms with Crippen LogP contribution in [0, 0.1) is 5.92 Å². The quantitative estimate of drug-likeness (QED) is 0.0191. The third kappa shape index (κ3) is 19.6. The van der Waals surface area contributed by atoms with Crippen molar-refractivity contribution in [3.63, 3.8) is 0 Å². The number of benzene rings is 1. The van der Waals surface area contributed by atoms with Crippen molar-refractivity contribution >= 4 is 65.1 Å². The van der Waals surface area contributed by atoms with Crippen molar-refractivity contribution in [2.24, 2.45) is 56.0 Å². The normalized spacial score (nSPS) is 18.0. The van der Waals surface area contributed by atoms with Crippen LogP contribution in [0.25, 0.3) is 0 Å². The van der Waals surface area contributed by atoms with Crippen molar-refractivity contribution in [3.8, 4) is 5.75 Å². The second kappa shape index (κ2) is 30.7. The lowest BCUT2D eigenvalue weighted by molar-refractivity contribution is -0.144. The van der Waals surface area contributed by atoms with E-state index in [-0.39, 0.29) is 95.2 Å². The number of nitrogens with zero attached hydrogens (tertiary/aromatic N) is 4. The van der Waals surface area contributed by atoms with Crippen LogP contribution < -0.4 is 66.7 Å². The molecule has 412 valence electrons. The smallest absolute Gasteiger partial charge is 0.326 e. The highest BCUT2D eigenvalue weighted by Gasteiger charge is 2.42. The van der Waals surface area contributed by atoms with Crippen LogP contribution in [0.2, 0.25) is 0 Å². The van der Waals surface area contributed by atoms with E-state index in [1.165, 1.54) is 21.9 Å². The molecular formula is C47H78N16O11. The highest BCUT2D eigenvalue weighted by atomic mass is 16.4. The largest absolute Gasteiger partial charge is 0.508 e. The van der Waals surface area contributed by atoms with Crippen molar-refractivity contribution in [2.45, 2.75) is 152 Å². The van der Waals surface area contributed by atoms with E-state index in [4.69, 9.17) is 40.1 Å². The van der Waals surface area contributed by atoms with Gasteiger partial charge in [-0.25, -0.2) is 4.79 Å². The number of phenols is 1. The number of unbranched alkanes of at least 4 members (excludes halogenated alkanes) is 1. The lowest BCUT2D eigenvalue weighted by Gasteiger charge is -2.32. The molecule has 0 bridgehead atoms. The summed E-state index contributed by atoms with van der Waals surface area (Å²) in [7, 11) is 0. The molecule has 1 aromatic rings. The van der Waals surface area contributed by atoms with Gasteiger partial charge in [0.1, 0.15) is 48.0 Å². The molecule has 27 nitrogen and oxygen atoms in total. The first-order valence-corrected chi connectivity index (χ1v) is 25.1. The van der Waals surface area contributed by atoms with Crippen LogP contribution in [-0.4, -0.2) is 166 Å². The number of carboxylic acid groups (broad SMARTS) is 1. The monoisotopic (exact) mass is 1040 g/mol. The third-order valence-corrected chi connectivity index (χ3v) is 12.9. The highest BCUT2D eigenvalue weighted by molar-refractivity contribution is 5.98. The van der Waals surface area contributed by atoms with Crippen molar-refractivity contribution in [1.29, 1.82) is 0 Å². The standard InChI is InChI=1S/C47H78N16O11/c1-3-26(2)37(45(73)74)61-40(68)33(24-27-15-17-28(64)18-16-27)60-42(70)35-14-9-23-63(35)44(72)32(12-7-21-56-47(53)54)59-39(67)30(11-6-20-55-46(51)52)57-41(69)34-13-8-22-62(34)43(71)31(10-4-5-19-48)58-38(66)29(49)25-36(50)65/h15-18,26,29-35,37,64H,3-14,19-25,48-49H2,1-2H3,(H2,50,65)(H,57,69)(H,58,66)(H,59,67)(H,60,70)(H,61,68)(H,73,74)(H4,51,52,55)(H4,53,54,56)/t26-,29-,30-,31-,32-,33-,34-,35-,37-/m0/s1. The van der Waals surface area contributed by atoms with E-state index < -0.39 is 114 Å². The first-order valence-electron chi connectivity index (χ1n) is 25.1. The third-order valence-electron chi connectivity index (χ3n) is 12.9. The Balaban J connectivity index is 1.93. The summed E-state index contributed by atoms with van der Waals surface area (Å²) in [6.07, 6.45) is 2.35. The topological polar surface area (TPSA) is 468 Å². The molecule has 21 N–H and O–H groups in total. The van der Waals surface area contributed by atoms with Crippen LogP contribution in [0.15, 0.2) is 34.3 Å². The van der Waals surface area contributed by atoms with Crippen LogP contribution >= 0.6 is 0 Å². The van der Waals surface area contributed by atoms with E-state index in [1.807, 2.05) is 0 Å². The number of hydrogen-bond acceptors (Lipinski definition) is 14. The fourth-order valence-electron chi connectivity index (χ4n) is 8.70. The number of rotatable bonds is 31. The van der Waals surface area contributed by atoms with E-state index in [2.05, 4.69) is 36.6 Å². The molecule has 0 saturated carbocycles. The number of aliphatic imine (C=N–C) groups is 2. The fourth-order valence-corrected chi connectivity index (χ4v) is 8.70. The van der Waals surface area contributed by atoms with Crippen molar-refractivity contribution in [2.75, 3.05) is 32.7 Å². The molecule has 1 aromatic carbocycles. The van der Waals surface area contributed by atoms with Crippen LogP contribution in [-0.2, 0) is 49.6 Å². The molecule has 0 aromatic heterocycles. The molecule has 0 radical (unpaired) electrons. The van der Waals surface area contributed by atoms with E-state index >= 15 is 0 Å². The number of carbonyl (C=O) groups is 9. The SMILES string of the molecule is CC[C@H](C)[C@H](NC(=O)[C@H](Cc1ccc(O)cc1)NC(=O)[C@@H]1CCCN1C(=O)[C@H](CCCN=C(N)N)NC(=O)[C@H](CCCN=C(N)N)NC(=O)[C@@H]1CCCN1C(=O)[C@H](CCCCN)NC(=O)[C@@H](N)CC(N)=O)C(=O)O. The van der Waals surface area contributed by atoms with Crippen molar-refractivity contribution < 1.29 is 53.4 Å². The number of guanidine groups is 2. The summed E-state index contributed by atoms with van der Waals surface area (Å²) in [6.45, 7) is 4.08. The minimum absolute atomic E-state index is 0.0375. The van der Waals surface area contributed by atoms with Gasteiger partial charge >= 0.3 is 5.97 Å². The van der Waals surface area contributed by atoms with Crippen LogP contribution in [0.5, 0.6) is 5.75 Å². The maximum Gasteiger partial charge on any atom is 0.326 e. The molecule has 2 fully saturated rings. The number of likely N-dealkylation sites (tertiary alicyclic amines) is 2. The average Bonchev–Trinajstić information content (AvgIpc) is 4.05. The summed E-state index contributed by atoms with van der Waals surface area (Å²) >= 11 is 0. The maximum absolute atomic E-state index is 14.7. The number of primary amides is 1. The predicted molar refractivity (Wildman–Crippen MR) is 273 cm³/mol. The molecule has 2 heterocycles. The molecule has 8 amide bonds. The second-order valence-electron chi connectivity index (χ2n) is 18.7. The summed E-state index contributed by atoms with van der Waals surface area (Å²) in [6, 6.07) is -4.02. The molecule has 2 aliphatic rings. The number of phenolic OH excluding ortho intramolecular Hbond substituents is 1. The molecule has 0 unspecified atom stereocenters. The van der Waals surface area contributed by atoms with Gasteiger partial charge in [-0.1, -0.05) is 32.4 Å². The van der Waals surface area contributed by atoms with E-state index in [0.29, 0.717) is 44.2 Å². The minimum Gasteiger partial charge on any atom is -0.508 e. The molecule has 27 heteroatoms. The van der Waals surface area contributed by atoms with Gasteiger partial charge in [0.2, 0.25) is 47.3 Å². The Hall–Kier alpha value is -7.29. The maximum atomic E-state index is 14.7. The zero-order valence-corrected chi connectivity index (χ0v) is 42.3. The van der Waals surface area contributed by atoms with Gasteiger partial charge in [0.05, 0.1) is 12.5 Å². The number of nitrogens with one attached hydrogen (secondary N) is 5. The Kier molecular flexibility index (Phi) is 25.3. The molecule has 3 rings (SSSR count). The number of aliphatic carboxylic acids is 1. The first kappa shape index (κ1) is 61.0. The van der Waals surface area contributed by atoms with Gasteiger partial charge in [0, 0.05) is 32.6 Å². The summed E-state index contributed by atoms with van der Waals surface area (Å²) in [5, 5.41) is 33.2. The van der Waals surface area contributed by atoms with Crippen molar-refractivity contribution in [3.05, 3.63) is 29.8 Å². The zero-order chi connectivity index (χ0) is 55.1. The van der Waals surface area contributed by atoms with Crippen LogP contribution in [0.1, 0.15) is 103 Å². The molecule has 9 atom stereocenters. The lowest BCUT2D eigenvalue weighted by atomic mass is 9.98. The number of carboxylic acids is 1. The van der Waals surface area contributed by atoms with Gasteiger partial charge in [-0.05, 0) is 101 Å². The Morgan fingerprint density at radius 1 is 0.662 bits per heavy atom. The van der Waals surface area contributed by atoms with Gasteiger partial charge < -0.3 is 86.7 Å². The second-order valence-corrected chi connectivity index (χ2v) is 18.7. The lowest BCUT2D eigenvalue weighted by Crippen LogP contribution is -2.60. The fraction of sp³-hybridized carbons (Fsp3) is 0.638. The number of aromatic hydroxyl groups is 1. The zero-order valence-electron chi connectivity index (χ0n) is 42.3. The molecule has 0 spiro atoms. The van der Waals surface area contributed by atoms with Gasteiger partial charge in [0.25, 0.3) is 0 Å². The number of hydrogen-bond donors (Lipinski definition) is 14. The van der Waals surface area contributed by atoms with Crippen LogP contribution in [0.3, 0.4) is 0 Å². The number of nitrogens with two attached hydrogens (primary N) is 7. The Labute approximate surface area is 430 Å². The average molecular weight is 1040 g/mol. The summed E-state index contributed by atoms with van der Waals surface area (Å²) in [5.74, 6) is -8.05. The number of carbonyl (C=O) groups excluding carboxylic acids is 8. The van der Waals surface area contributed by atoms with Gasteiger partial charge in [0.15, 0.2) is 11.9 Å². The van der Waals surface area contributed by atoms with Crippen LogP contribution in [0.4, 0.5) is 0 Å². The Bertz CT molecular complexity index is 2150. The summed E-state index contributed by atoms with van der Waals surface area (Å²) in [4.78, 5) is 133. The van der Waals surface area contributed by atoms with Gasteiger partial charge in [-0.3, -0.25) is 48.3 Å². The van der Waals surface area contributed by atoms with Gasteiger partial charge in [-0.2, -0.15) is 0 Å².